The molecule has 36 heavy (non-hydrogen) atoms. The molecule has 0 amide bonds. The molecule has 4 heteroatoms. The minimum atomic E-state index is -0.585. The van der Waals surface area contributed by atoms with Crippen LogP contribution in [-0.2, 0) is 0 Å². The van der Waals surface area contributed by atoms with Crippen molar-refractivity contribution in [3.8, 4) is 0 Å². The van der Waals surface area contributed by atoms with Gasteiger partial charge in [0.05, 0.1) is 11.7 Å². The molecule has 7 rings (SSSR count). The van der Waals surface area contributed by atoms with Crippen molar-refractivity contribution in [3.63, 3.8) is 0 Å². The zero-order valence-electron chi connectivity index (χ0n) is 23.1. The lowest BCUT2D eigenvalue weighted by Crippen LogP contribution is -2.76. The third-order valence-electron chi connectivity index (χ3n) is 13.6. The molecule has 1 heterocycles. The van der Waals surface area contributed by atoms with Crippen LogP contribution in [0.15, 0.2) is 12.2 Å². The highest BCUT2D eigenvalue weighted by Gasteiger charge is 2.82. The third-order valence-corrected chi connectivity index (χ3v) is 13.6. The number of piperidine rings is 1. The lowest BCUT2D eigenvalue weighted by atomic mass is 9.30. The molecule has 4 N–H and O–H groups in total. The van der Waals surface area contributed by atoms with E-state index in [1.54, 1.807) is 0 Å². The first kappa shape index (κ1) is 24.6. The first-order valence-corrected chi connectivity index (χ1v) is 15.8. The van der Waals surface area contributed by atoms with E-state index in [1.807, 2.05) is 0 Å². The Bertz CT molecular complexity index is 907. The van der Waals surface area contributed by atoms with Crippen molar-refractivity contribution in [3.05, 3.63) is 12.2 Å². The number of allylic oxidation sites excluding steroid dienone is 1. The highest BCUT2D eigenvalue weighted by Crippen LogP contribution is 2.83. The summed E-state index contributed by atoms with van der Waals surface area (Å²) >= 11 is 0. The normalized spacial score (nSPS) is 58.3. The number of nitrogens with one attached hydrogen (secondary N) is 2. The standard InChI is InChI=1S/C32H52N2O2/c1-4-5-6-7-20-12-25-27-22(9-10-23(34-27)18-33-3)16-32-26(17-30(25,32)14-20)31(36)15-21-8-11-24(28(32)35)29(2,13-21)19-31/h8,11,20-28,33-36H,4-7,9-10,12-19H2,1-3H3/t20-,21-,22+,23-,24-,25-,26-,27+,28-,29+,30+,31+,32-/m0/s1. The van der Waals surface area contributed by atoms with Crippen molar-refractivity contribution >= 4 is 0 Å². The first-order chi connectivity index (χ1) is 17.3. The Hall–Kier alpha value is -0.420. The lowest BCUT2D eigenvalue weighted by Gasteiger charge is -2.75. The Morgan fingerprint density at radius 3 is 2.72 bits per heavy atom. The van der Waals surface area contributed by atoms with Gasteiger partial charge in [-0.1, -0.05) is 51.7 Å². The second-order valence-corrected chi connectivity index (χ2v) is 15.3. The smallest absolute Gasteiger partial charge is 0.0693 e. The number of rotatable bonds is 6. The van der Waals surface area contributed by atoms with Crippen molar-refractivity contribution < 1.29 is 10.2 Å². The quantitative estimate of drug-likeness (QED) is 0.307. The van der Waals surface area contributed by atoms with Crippen molar-refractivity contribution in [1.29, 1.82) is 0 Å². The number of unbranched alkanes of at least 4 members (excludes halogenated alkanes) is 2. The fourth-order valence-electron chi connectivity index (χ4n) is 12.6. The van der Waals surface area contributed by atoms with Gasteiger partial charge in [0.25, 0.3) is 0 Å². The average molecular weight is 497 g/mol. The van der Waals surface area contributed by atoms with Crippen LogP contribution in [-0.4, -0.2) is 47.6 Å². The molecule has 202 valence electrons. The largest absolute Gasteiger partial charge is 0.392 e. The van der Waals surface area contributed by atoms with Gasteiger partial charge < -0.3 is 20.8 Å². The summed E-state index contributed by atoms with van der Waals surface area (Å²) in [7, 11) is 2.09. The topological polar surface area (TPSA) is 64.5 Å². The van der Waals surface area contributed by atoms with Crippen molar-refractivity contribution in [1.82, 2.24) is 10.6 Å². The maximum absolute atomic E-state index is 12.7. The summed E-state index contributed by atoms with van der Waals surface area (Å²) in [4.78, 5) is 0. The molecule has 13 atom stereocenters. The van der Waals surface area contributed by atoms with Crippen LogP contribution in [0, 0.1) is 51.8 Å². The monoisotopic (exact) mass is 496 g/mol. The summed E-state index contributed by atoms with van der Waals surface area (Å²) in [6, 6.07) is 1.18. The molecule has 4 nitrogen and oxygen atoms in total. The zero-order chi connectivity index (χ0) is 24.9. The Balaban J connectivity index is 1.31. The van der Waals surface area contributed by atoms with Gasteiger partial charge in [0.15, 0.2) is 0 Å². The van der Waals surface area contributed by atoms with Gasteiger partial charge in [-0.2, -0.15) is 0 Å². The van der Waals surface area contributed by atoms with Gasteiger partial charge in [-0.25, -0.2) is 0 Å². The Kier molecular flexibility index (Phi) is 5.67. The first-order valence-electron chi connectivity index (χ1n) is 15.8. The maximum Gasteiger partial charge on any atom is 0.0693 e. The number of aliphatic hydroxyl groups is 2. The molecule has 6 aliphatic carbocycles. The Labute approximate surface area is 219 Å². The number of hydrogen-bond acceptors (Lipinski definition) is 4. The predicted octanol–water partition coefficient (Wildman–Crippen LogP) is 5.04. The van der Waals surface area contributed by atoms with Crippen molar-refractivity contribution in [2.45, 2.75) is 121 Å². The Morgan fingerprint density at radius 1 is 1.06 bits per heavy atom. The predicted molar refractivity (Wildman–Crippen MR) is 144 cm³/mol. The van der Waals surface area contributed by atoms with Crippen LogP contribution in [0.1, 0.15) is 97.3 Å². The molecule has 3 bridgehead atoms. The zero-order valence-corrected chi connectivity index (χ0v) is 23.1. The minimum absolute atomic E-state index is 0.0489. The van der Waals surface area contributed by atoms with Crippen LogP contribution in [0.2, 0.25) is 0 Å². The average Bonchev–Trinajstić information content (AvgIpc) is 3.21. The molecule has 0 aromatic rings. The molecular weight excluding hydrogens is 444 g/mol. The van der Waals surface area contributed by atoms with Crippen molar-refractivity contribution in [2.75, 3.05) is 13.6 Å². The summed E-state index contributed by atoms with van der Waals surface area (Å²) in [6.45, 7) is 5.79. The van der Waals surface area contributed by atoms with Crippen LogP contribution in [0.5, 0.6) is 0 Å². The van der Waals surface area contributed by atoms with E-state index in [4.69, 9.17) is 0 Å². The second kappa shape index (κ2) is 8.29. The number of hydrogen-bond donors (Lipinski definition) is 4. The SMILES string of the molecule is CCCCC[C@H]1C[C@H]2[C@@H]3N[C@H](CNC)CC[C@@H]3C[C@@]34[C@@H](O)[C@@H]5C=C[C@H]6C[C@]5(C)C[C@](O)(C6)[C@@H]3C[C@]24C1. The van der Waals surface area contributed by atoms with Gasteiger partial charge in [0.2, 0.25) is 0 Å². The van der Waals surface area contributed by atoms with Gasteiger partial charge in [0.1, 0.15) is 0 Å². The van der Waals surface area contributed by atoms with Gasteiger partial charge in [-0.15, -0.1) is 0 Å². The molecule has 2 spiro atoms. The van der Waals surface area contributed by atoms with Gasteiger partial charge >= 0.3 is 0 Å². The molecule has 5 saturated carbocycles. The third kappa shape index (κ3) is 3.08. The van der Waals surface area contributed by atoms with E-state index in [-0.39, 0.29) is 28.3 Å². The van der Waals surface area contributed by atoms with E-state index in [9.17, 15) is 10.2 Å². The molecule has 1 saturated heterocycles. The van der Waals surface area contributed by atoms with Crippen LogP contribution in [0.25, 0.3) is 0 Å². The van der Waals surface area contributed by atoms with E-state index in [0.717, 1.165) is 38.1 Å². The summed E-state index contributed by atoms with van der Waals surface area (Å²) in [6.07, 6.45) is 20.4. The van der Waals surface area contributed by atoms with Crippen LogP contribution in [0.3, 0.4) is 0 Å². The fourth-order valence-corrected chi connectivity index (χ4v) is 12.6. The molecule has 0 unspecified atom stereocenters. The van der Waals surface area contributed by atoms with Crippen LogP contribution < -0.4 is 10.6 Å². The highest BCUT2D eigenvalue weighted by molar-refractivity contribution is 5.33. The summed E-state index contributed by atoms with van der Waals surface area (Å²) < 4.78 is 0. The molecule has 0 radical (unpaired) electrons. The lowest BCUT2D eigenvalue weighted by molar-refractivity contribution is -0.308. The van der Waals surface area contributed by atoms with Gasteiger partial charge in [-0.05, 0) is 105 Å². The van der Waals surface area contributed by atoms with E-state index in [2.05, 4.69) is 43.7 Å². The number of fused-ring (bicyclic) bond motifs is 5. The maximum atomic E-state index is 12.7. The highest BCUT2D eigenvalue weighted by atomic mass is 16.3. The molecule has 0 aromatic heterocycles. The fraction of sp³-hybridized carbons (Fsp3) is 0.938. The molecule has 0 aromatic carbocycles. The molecule has 6 fully saturated rings. The molecule has 7 aliphatic rings. The molecular formula is C32H52N2O2. The second-order valence-electron chi connectivity index (χ2n) is 15.3. The summed E-state index contributed by atoms with van der Waals surface area (Å²) in [5.74, 6) is 3.13. The minimum Gasteiger partial charge on any atom is -0.392 e. The van der Waals surface area contributed by atoms with Crippen molar-refractivity contribution in [2.24, 2.45) is 51.8 Å². The number of likely N-dealkylation sites (N-methyl/N-ethyl adjacent to an activating group) is 1. The summed E-state index contributed by atoms with van der Waals surface area (Å²) in [5.41, 5.74) is -0.402. The summed E-state index contributed by atoms with van der Waals surface area (Å²) in [5, 5.41) is 32.8. The van der Waals surface area contributed by atoms with Gasteiger partial charge in [-0.3, -0.25) is 0 Å². The van der Waals surface area contributed by atoms with E-state index < -0.39 is 5.60 Å². The van der Waals surface area contributed by atoms with E-state index in [0.29, 0.717) is 35.8 Å². The van der Waals surface area contributed by atoms with Crippen LogP contribution >= 0.6 is 0 Å². The molecule has 1 aliphatic heterocycles. The van der Waals surface area contributed by atoms with E-state index >= 15 is 0 Å². The van der Waals surface area contributed by atoms with E-state index in [1.165, 1.54) is 57.8 Å². The van der Waals surface area contributed by atoms with Gasteiger partial charge in [0, 0.05) is 30.0 Å². The van der Waals surface area contributed by atoms with Crippen LogP contribution in [0.4, 0.5) is 0 Å². The Morgan fingerprint density at radius 2 is 1.92 bits per heavy atom. The number of aliphatic hydroxyl groups excluding tert-OH is 1.